The van der Waals surface area contributed by atoms with E-state index in [9.17, 15) is 13.2 Å². The molecule has 2 heterocycles. The minimum absolute atomic E-state index is 0.0100. The summed E-state index contributed by atoms with van der Waals surface area (Å²) in [5.41, 5.74) is 0.537. The van der Waals surface area contributed by atoms with Crippen molar-refractivity contribution in [1.29, 1.82) is 0 Å². The van der Waals surface area contributed by atoms with Crippen LogP contribution in [0.5, 0.6) is 0 Å². The van der Waals surface area contributed by atoms with Crippen molar-refractivity contribution >= 4 is 21.8 Å². The summed E-state index contributed by atoms with van der Waals surface area (Å²) in [4.78, 5) is 19.4. The Morgan fingerprint density at radius 2 is 1.83 bits per heavy atom. The van der Waals surface area contributed by atoms with Crippen LogP contribution in [0.4, 0.5) is 0 Å². The molecule has 3 rings (SSSR count). The van der Waals surface area contributed by atoms with Gasteiger partial charge in [0, 0.05) is 18.7 Å². The van der Waals surface area contributed by atoms with Gasteiger partial charge in [-0.05, 0) is 37.3 Å². The summed E-state index contributed by atoms with van der Waals surface area (Å²) in [6, 6.07) is 6.14. The van der Waals surface area contributed by atoms with Crippen LogP contribution in [0.3, 0.4) is 0 Å². The van der Waals surface area contributed by atoms with E-state index >= 15 is 0 Å². The lowest BCUT2D eigenvalue weighted by Gasteiger charge is -2.30. The Kier molecular flexibility index (Phi) is 4.62. The second-order valence-corrected chi connectivity index (χ2v) is 8.30. The lowest BCUT2D eigenvalue weighted by molar-refractivity contribution is -0.134. The molecule has 1 amide bonds. The zero-order valence-corrected chi connectivity index (χ0v) is 14.8. The van der Waals surface area contributed by atoms with Crippen LogP contribution in [0.15, 0.2) is 34.2 Å². The SMILES string of the molecule is CC(C)[C@@H](N=C1NS(=O)(=O)c2ccccc21)C(=O)N1CCCCC1. The maximum atomic E-state index is 12.8. The summed E-state index contributed by atoms with van der Waals surface area (Å²) in [5, 5.41) is 0. The molecule has 0 unspecified atom stereocenters. The van der Waals surface area contributed by atoms with Crippen LogP contribution in [0.25, 0.3) is 0 Å². The fourth-order valence-electron chi connectivity index (χ4n) is 3.16. The lowest BCUT2D eigenvalue weighted by Crippen LogP contribution is -2.44. The normalized spacial score (nSPS) is 22.3. The number of nitrogens with zero attached hydrogens (tertiary/aromatic N) is 2. The Balaban J connectivity index is 1.94. The van der Waals surface area contributed by atoms with Gasteiger partial charge in [-0.3, -0.25) is 14.5 Å². The molecule has 0 spiro atoms. The maximum absolute atomic E-state index is 12.8. The standard InChI is InChI=1S/C17H23N3O3S/c1-12(2)15(17(21)20-10-6-3-7-11-20)18-16-13-8-4-5-9-14(13)24(22,23)19-16/h4-5,8-9,12,15H,3,6-7,10-11H2,1-2H3,(H,18,19)/t15-/m1/s1. The van der Waals surface area contributed by atoms with Crippen LogP contribution >= 0.6 is 0 Å². The first-order chi connectivity index (χ1) is 11.4. The van der Waals surface area contributed by atoms with Crippen LogP contribution in [0.1, 0.15) is 38.7 Å². The van der Waals surface area contributed by atoms with Gasteiger partial charge in [0.1, 0.15) is 11.9 Å². The van der Waals surface area contributed by atoms with Gasteiger partial charge in [0.15, 0.2) is 0 Å². The third-order valence-corrected chi connectivity index (χ3v) is 5.88. The highest BCUT2D eigenvalue weighted by atomic mass is 32.2. The number of rotatable bonds is 3. The number of amidine groups is 1. The second-order valence-electron chi connectivity index (χ2n) is 6.65. The number of likely N-dealkylation sites (tertiary alicyclic amines) is 1. The minimum Gasteiger partial charge on any atom is -0.341 e. The molecule has 0 saturated carbocycles. The smallest absolute Gasteiger partial charge is 0.263 e. The van der Waals surface area contributed by atoms with Gasteiger partial charge in [-0.2, -0.15) is 0 Å². The van der Waals surface area contributed by atoms with Crippen LogP contribution < -0.4 is 4.72 Å². The first kappa shape index (κ1) is 17.0. The Morgan fingerprint density at radius 3 is 2.50 bits per heavy atom. The summed E-state index contributed by atoms with van der Waals surface area (Å²) < 4.78 is 26.9. The van der Waals surface area contributed by atoms with Crippen LogP contribution in [-0.4, -0.2) is 44.2 Å². The largest absolute Gasteiger partial charge is 0.341 e. The van der Waals surface area contributed by atoms with Crippen molar-refractivity contribution < 1.29 is 13.2 Å². The summed E-state index contributed by atoms with van der Waals surface area (Å²) >= 11 is 0. The third-order valence-electron chi connectivity index (χ3n) is 4.48. The first-order valence-electron chi connectivity index (χ1n) is 8.39. The minimum atomic E-state index is -3.58. The molecule has 1 fully saturated rings. The molecule has 130 valence electrons. The fraction of sp³-hybridized carbons (Fsp3) is 0.529. The van der Waals surface area contributed by atoms with Crippen LogP contribution in [-0.2, 0) is 14.8 Å². The number of aliphatic imine (C=N–C) groups is 1. The fourth-order valence-corrected chi connectivity index (χ4v) is 4.40. The Hall–Kier alpha value is -1.89. The molecule has 0 aliphatic carbocycles. The average Bonchev–Trinajstić information content (AvgIpc) is 2.84. The molecular formula is C17H23N3O3S. The van der Waals surface area contributed by atoms with Crippen molar-refractivity contribution in [3.05, 3.63) is 29.8 Å². The molecular weight excluding hydrogens is 326 g/mol. The number of nitrogens with one attached hydrogen (secondary N) is 1. The molecule has 1 N–H and O–H groups in total. The van der Waals surface area contributed by atoms with Crippen LogP contribution in [0.2, 0.25) is 0 Å². The monoisotopic (exact) mass is 349 g/mol. The van der Waals surface area contributed by atoms with Gasteiger partial charge in [-0.15, -0.1) is 0 Å². The predicted octanol–water partition coefficient (Wildman–Crippen LogP) is 1.76. The molecule has 0 radical (unpaired) electrons. The number of fused-ring (bicyclic) bond motifs is 1. The molecule has 1 saturated heterocycles. The van der Waals surface area contributed by atoms with Crippen molar-refractivity contribution in [1.82, 2.24) is 9.62 Å². The molecule has 1 atom stereocenters. The van der Waals surface area contributed by atoms with E-state index in [1.165, 1.54) is 0 Å². The molecule has 6 nitrogen and oxygen atoms in total. The van der Waals surface area contributed by atoms with E-state index in [0.717, 1.165) is 32.4 Å². The van der Waals surface area contributed by atoms with Gasteiger partial charge in [-0.25, -0.2) is 8.42 Å². The predicted molar refractivity (Wildman–Crippen MR) is 92.4 cm³/mol. The Morgan fingerprint density at radius 1 is 1.17 bits per heavy atom. The number of amides is 1. The summed E-state index contributed by atoms with van der Waals surface area (Å²) in [5.74, 6) is 0.250. The molecule has 0 bridgehead atoms. The van der Waals surface area contributed by atoms with Crippen molar-refractivity contribution in [3.8, 4) is 0 Å². The highest BCUT2D eigenvalue weighted by molar-refractivity contribution is 7.90. The topological polar surface area (TPSA) is 78.8 Å². The number of sulfonamides is 1. The molecule has 2 aliphatic rings. The van der Waals surface area contributed by atoms with E-state index in [-0.39, 0.29) is 22.6 Å². The second kappa shape index (κ2) is 6.55. The number of benzene rings is 1. The molecule has 1 aromatic carbocycles. The van der Waals surface area contributed by atoms with E-state index < -0.39 is 16.1 Å². The Bertz CT molecular complexity index is 765. The van der Waals surface area contributed by atoms with Crippen LogP contribution in [0, 0.1) is 5.92 Å². The quantitative estimate of drug-likeness (QED) is 0.903. The number of carbonyl (C=O) groups is 1. The van der Waals surface area contributed by atoms with Gasteiger partial charge in [-0.1, -0.05) is 26.0 Å². The van der Waals surface area contributed by atoms with E-state index in [4.69, 9.17) is 0 Å². The van der Waals surface area contributed by atoms with Gasteiger partial charge < -0.3 is 4.90 Å². The lowest BCUT2D eigenvalue weighted by atomic mass is 10.0. The number of carbonyl (C=O) groups excluding carboxylic acids is 1. The van der Waals surface area contributed by atoms with Gasteiger partial charge in [0.2, 0.25) is 5.91 Å². The Labute approximate surface area is 143 Å². The van der Waals surface area contributed by atoms with Gasteiger partial charge in [0.05, 0.1) is 4.90 Å². The van der Waals surface area contributed by atoms with E-state index in [0.29, 0.717) is 5.56 Å². The van der Waals surface area contributed by atoms with Crippen molar-refractivity contribution in [3.63, 3.8) is 0 Å². The van der Waals surface area contributed by atoms with Gasteiger partial charge in [0.25, 0.3) is 10.0 Å². The average molecular weight is 349 g/mol. The zero-order chi connectivity index (χ0) is 17.3. The number of hydrogen-bond donors (Lipinski definition) is 1. The third kappa shape index (κ3) is 3.17. The maximum Gasteiger partial charge on any atom is 0.263 e. The van der Waals surface area contributed by atoms with Crippen molar-refractivity contribution in [2.24, 2.45) is 10.9 Å². The summed E-state index contributed by atoms with van der Waals surface area (Å²) in [6.45, 7) is 5.39. The van der Waals surface area contributed by atoms with Gasteiger partial charge >= 0.3 is 0 Å². The van der Waals surface area contributed by atoms with E-state index in [1.54, 1.807) is 24.3 Å². The molecule has 24 heavy (non-hydrogen) atoms. The van der Waals surface area contributed by atoms with E-state index in [2.05, 4.69) is 9.71 Å². The molecule has 0 aromatic heterocycles. The summed E-state index contributed by atoms with van der Waals surface area (Å²) in [6.07, 6.45) is 3.18. The highest BCUT2D eigenvalue weighted by Gasteiger charge is 2.34. The molecule has 1 aromatic rings. The summed E-state index contributed by atoms with van der Waals surface area (Å²) in [7, 11) is -3.58. The number of piperidine rings is 1. The molecule has 2 aliphatic heterocycles. The van der Waals surface area contributed by atoms with Crippen molar-refractivity contribution in [2.75, 3.05) is 13.1 Å². The zero-order valence-electron chi connectivity index (χ0n) is 14.0. The van der Waals surface area contributed by atoms with Crippen molar-refractivity contribution in [2.45, 2.75) is 44.0 Å². The first-order valence-corrected chi connectivity index (χ1v) is 9.87. The highest BCUT2D eigenvalue weighted by Crippen LogP contribution is 2.24. The van der Waals surface area contributed by atoms with E-state index in [1.807, 2.05) is 18.7 Å². The number of hydrogen-bond acceptors (Lipinski definition) is 4. The molecule has 7 heteroatoms.